The number of nitrogens with two attached hydrogens (primary N) is 1. The predicted octanol–water partition coefficient (Wildman–Crippen LogP) is 0.258. The summed E-state index contributed by atoms with van der Waals surface area (Å²) in [5, 5.41) is 3.34. The lowest BCUT2D eigenvalue weighted by Gasteiger charge is -2.10. The van der Waals surface area contributed by atoms with Crippen LogP contribution < -0.4 is 16.6 Å². The molecule has 4 nitrogen and oxygen atoms in total. The fourth-order valence-electron chi connectivity index (χ4n) is 1.83. The van der Waals surface area contributed by atoms with Gasteiger partial charge in [-0.25, -0.2) is 0 Å². The Labute approximate surface area is 82.5 Å². The van der Waals surface area contributed by atoms with Gasteiger partial charge >= 0.3 is 0 Å². The van der Waals surface area contributed by atoms with Crippen molar-refractivity contribution in [2.24, 2.45) is 5.73 Å². The summed E-state index contributed by atoms with van der Waals surface area (Å²) in [6, 6.07) is 4.08. The first-order chi connectivity index (χ1) is 6.81. The molecule has 2 heterocycles. The molecule has 0 spiro atoms. The first-order valence-corrected chi connectivity index (χ1v) is 4.97. The van der Waals surface area contributed by atoms with Crippen molar-refractivity contribution < 1.29 is 0 Å². The van der Waals surface area contributed by atoms with Crippen molar-refractivity contribution in [2.45, 2.75) is 25.4 Å². The molecule has 1 aliphatic heterocycles. The Bertz CT molecular complexity index is 366. The smallest absolute Gasteiger partial charge is 0.252 e. The zero-order chi connectivity index (χ0) is 9.97. The molecule has 0 aliphatic carbocycles. The normalized spacial score (nSPS) is 21.4. The molecule has 76 valence electrons. The van der Waals surface area contributed by atoms with Gasteiger partial charge in [0, 0.05) is 23.8 Å². The highest BCUT2D eigenvalue weighted by atomic mass is 16.1. The first-order valence-electron chi connectivity index (χ1n) is 4.97. The van der Waals surface area contributed by atoms with E-state index in [1.54, 1.807) is 0 Å². The fourth-order valence-corrected chi connectivity index (χ4v) is 1.83. The second kappa shape index (κ2) is 3.94. The summed E-state index contributed by atoms with van der Waals surface area (Å²) < 4.78 is 0. The van der Waals surface area contributed by atoms with Crippen molar-refractivity contribution in [3.05, 3.63) is 33.7 Å². The Kier molecular flexibility index (Phi) is 2.65. The average molecular weight is 193 g/mol. The van der Waals surface area contributed by atoms with Gasteiger partial charge in [-0.2, -0.15) is 0 Å². The van der Waals surface area contributed by atoms with E-state index in [9.17, 15) is 4.79 Å². The molecule has 1 unspecified atom stereocenters. The second-order valence-corrected chi connectivity index (χ2v) is 3.62. The quantitative estimate of drug-likeness (QED) is 0.631. The molecule has 0 bridgehead atoms. The van der Waals surface area contributed by atoms with Crippen molar-refractivity contribution in [1.29, 1.82) is 0 Å². The maximum Gasteiger partial charge on any atom is 0.252 e. The Morgan fingerprint density at radius 3 is 2.93 bits per heavy atom. The highest BCUT2D eigenvalue weighted by molar-refractivity contribution is 5.17. The van der Waals surface area contributed by atoms with Gasteiger partial charge in [0.2, 0.25) is 0 Å². The van der Waals surface area contributed by atoms with Gasteiger partial charge in [0.1, 0.15) is 0 Å². The lowest BCUT2D eigenvalue weighted by Crippen LogP contribution is -2.21. The van der Waals surface area contributed by atoms with Crippen LogP contribution in [0.4, 0.5) is 0 Å². The minimum atomic E-state index is -0.0568. The van der Waals surface area contributed by atoms with Crippen LogP contribution in [0.15, 0.2) is 16.9 Å². The van der Waals surface area contributed by atoms with Crippen LogP contribution in [0.5, 0.6) is 0 Å². The Morgan fingerprint density at radius 2 is 2.36 bits per heavy atom. The van der Waals surface area contributed by atoms with Crippen molar-refractivity contribution >= 4 is 0 Å². The molecule has 4 N–H and O–H groups in total. The molecule has 14 heavy (non-hydrogen) atoms. The molecule has 1 saturated heterocycles. The molecular formula is C10H15N3O. The second-order valence-electron chi connectivity index (χ2n) is 3.62. The number of hydrogen-bond acceptors (Lipinski definition) is 3. The molecule has 1 fully saturated rings. The van der Waals surface area contributed by atoms with E-state index in [4.69, 9.17) is 5.73 Å². The van der Waals surface area contributed by atoms with E-state index in [1.807, 2.05) is 12.1 Å². The number of nitrogens with one attached hydrogen (secondary N) is 2. The summed E-state index contributed by atoms with van der Waals surface area (Å²) in [6.07, 6.45) is 2.27. The molecule has 0 aromatic carbocycles. The molecule has 4 heteroatoms. The van der Waals surface area contributed by atoms with Crippen LogP contribution in [0.1, 0.15) is 30.1 Å². The Hall–Kier alpha value is -1.13. The van der Waals surface area contributed by atoms with Crippen molar-refractivity contribution in [3.63, 3.8) is 0 Å². The summed E-state index contributed by atoms with van der Waals surface area (Å²) in [6.45, 7) is 1.33. The van der Waals surface area contributed by atoms with Crippen LogP contribution in [0.3, 0.4) is 0 Å². The monoisotopic (exact) mass is 193 g/mol. The SMILES string of the molecule is NCc1ccc(C2CCCN2)[nH]c1=O. The molecule has 0 radical (unpaired) electrons. The van der Waals surface area contributed by atoms with Gasteiger partial charge in [-0.15, -0.1) is 0 Å². The molecule has 1 aromatic rings. The minimum Gasteiger partial charge on any atom is -0.326 e. The summed E-state index contributed by atoms with van der Waals surface area (Å²) in [7, 11) is 0. The highest BCUT2D eigenvalue weighted by Gasteiger charge is 2.16. The van der Waals surface area contributed by atoms with Crippen molar-refractivity contribution in [1.82, 2.24) is 10.3 Å². The molecule has 1 atom stereocenters. The molecule has 1 aromatic heterocycles. The van der Waals surface area contributed by atoms with Gasteiger partial charge in [0.05, 0.1) is 0 Å². The number of aromatic nitrogens is 1. The maximum absolute atomic E-state index is 11.5. The fraction of sp³-hybridized carbons (Fsp3) is 0.500. The first kappa shape index (κ1) is 9.43. The average Bonchev–Trinajstić information content (AvgIpc) is 2.70. The Morgan fingerprint density at radius 1 is 1.50 bits per heavy atom. The van der Waals surface area contributed by atoms with Gasteiger partial charge in [-0.3, -0.25) is 4.79 Å². The molecular weight excluding hydrogens is 178 g/mol. The number of rotatable bonds is 2. The maximum atomic E-state index is 11.5. The summed E-state index contributed by atoms with van der Waals surface area (Å²) in [5.41, 5.74) is 6.98. The van der Waals surface area contributed by atoms with Crippen LogP contribution in [-0.2, 0) is 6.54 Å². The van der Waals surface area contributed by atoms with Crippen LogP contribution in [-0.4, -0.2) is 11.5 Å². The van der Waals surface area contributed by atoms with Crippen molar-refractivity contribution in [3.8, 4) is 0 Å². The summed E-state index contributed by atoms with van der Waals surface area (Å²) >= 11 is 0. The van der Waals surface area contributed by atoms with E-state index in [2.05, 4.69) is 10.3 Å². The zero-order valence-corrected chi connectivity index (χ0v) is 8.05. The van der Waals surface area contributed by atoms with Crippen LogP contribution >= 0.6 is 0 Å². The lowest BCUT2D eigenvalue weighted by molar-refractivity contribution is 0.624. The van der Waals surface area contributed by atoms with E-state index in [-0.39, 0.29) is 5.56 Å². The van der Waals surface area contributed by atoms with E-state index >= 15 is 0 Å². The van der Waals surface area contributed by atoms with Gasteiger partial charge < -0.3 is 16.0 Å². The molecule has 0 amide bonds. The van der Waals surface area contributed by atoms with Gasteiger partial charge in [0.15, 0.2) is 0 Å². The van der Waals surface area contributed by atoms with Crippen LogP contribution in [0, 0.1) is 0 Å². The third-order valence-corrected chi connectivity index (χ3v) is 2.67. The summed E-state index contributed by atoms with van der Waals surface area (Å²) in [4.78, 5) is 14.3. The largest absolute Gasteiger partial charge is 0.326 e. The van der Waals surface area contributed by atoms with Gasteiger partial charge in [0.25, 0.3) is 5.56 Å². The third-order valence-electron chi connectivity index (χ3n) is 2.67. The van der Waals surface area contributed by atoms with Crippen LogP contribution in [0.2, 0.25) is 0 Å². The van der Waals surface area contributed by atoms with Gasteiger partial charge in [-0.1, -0.05) is 6.07 Å². The number of hydrogen-bond donors (Lipinski definition) is 3. The zero-order valence-electron chi connectivity index (χ0n) is 8.05. The standard InChI is InChI=1S/C10H15N3O/c11-6-7-3-4-9(13-10(7)14)8-2-1-5-12-8/h3-4,8,12H,1-2,5-6,11H2,(H,13,14). The molecule has 0 saturated carbocycles. The van der Waals surface area contributed by atoms with Crippen molar-refractivity contribution in [2.75, 3.05) is 6.54 Å². The number of aromatic amines is 1. The minimum absolute atomic E-state index is 0.0568. The van der Waals surface area contributed by atoms with E-state index in [0.717, 1.165) is 18.7 Å². The highest BCUT2D eigenvalue weighted by Crippen LogP contribution is 2.19. The third kappa shape index (κ3) is 1.71. The topological polar surface area (TPSA) is 70.9 Å². The van der Waals surface area contributed by atoms with E-state index < -0.39 is 0 Å². The van der Waals surface area contributed by atoms with E-state index in [0.29, 0.717) is 18.2 Å². The summed E-state index contributed by atoms with van der Waals surface area (Å²) in [5.74, 6) is 0. The number of pyridine rings is 1. The van der Waals surface area contributed by atoms with Gasteiger partial charge in [-0.05, 0) is 25.5 Å². The lowest BCUT2D eigenvalue weighted by atomic mass is 10.1. The number of H-pyrrole nitrogens is 1. The van der Waals surface area contributed by atoms with Crippen LogP contribution in [0.25, 0.3) is 0 Å². The Balaban J connectivity index is 2.27. The molecule has 1 aliphatic rings. The molecule has 2 rings (SSSR count). The van der Waals surface area contributed by atoms with E-state index in [1.165, 1.54) is 6.42 Å². The predicted molar refractivity (Wildman–Crippen MR) is 54.9 cm³/mol.